The van der Waals surface area contributed by atoms with Crippen molar-refractivity contribution in [2.45, 2.75) is 77.3 Å². The van der Waals surface area contributed by atoms with Crippen molar-refractivity contribution in [2.75, 3.05) is 13.7 Å². The molecule has 2 rings (SSSR count). The van der Waals surface area contributed by atoms with Crippen LogP contribution in [0, 0.1) is 5.41 Å². The van der Waals surface area contributed by atoms with Crippen LogP contribution in [0.15, 0.2) is 12.1 Å². The van der Waals surface area contributed by atoms with Crippen LogP contribution in [0.2, 0.25) is 5.02 Å². The van der Waals surface area contributed by atoms with E-state index >= 15 is 0 Å². The van der Waals surface area contributed by atoms with Gasteiger partial charge in [0.2, 0.25) is 0 Å². The average molecular weight is 456 g/mol. The number of carboxylic acid groups (broad SMARTS) is 2. The number of halogens is 1. The zero-order valence-electron chi connectivity index (χ0n) is 18.4. The Morgan fingerprint density at radius 1 is 1.16 bits per heavy atom. The molecule has 0 spiro atoms. The predicted octanol–water partition coefficient (Wildman–Crippen LogP) is 4.89. The molecule has 0 aliphatic heterocycles. The van der Waals surface area contributed by atoms with Crippen molar-refractivity contribution < 1.29 is 29.3 Å². The van der Waals surface area contributed by atoms with E-state index in [2.05, 4.69) is 12.2 Å². The van der Waals surface area contributed by atoms with Crippen LogP contribution in [-0.4, -0.2) is 41.9 Å². The summed E-state index contributed by atoms with van der Waals surface area (Å²) in [6.07, 6.45) is 7.70. The first kappa shape index (κ1) is 25.3. The first-order chi connectivity index (χ1) is 14.8. The van der Waals surface area contributed by atoms with Crippen LogP contribution in [0.4, 0.5) is 0 Å². The summed E-state index contributed by atoms with van der Waals surface area (Å²) in [6, 6.07) is 3.44. The van der Waals surface area contributed by atoms with Crippen molar-refractivity contribution in [1.29, 1.82) is 0 Å². The Labute approximate surface area is 189 Å². The van der Waals surface area contributed by atoms with Gasteiger partial charge in [-0.1, -0.05) is 50.6 Å². The van der Waals surface area contributed by atoms with E-state index in [-0.39, 0.29) is 18.9 Å². The van der Waals surface area contributed by atoms with Crippen molar-refractivity contribution >= 4 is 23.5 Å². The van der Waals surface area contributed by atoms with Gasteiger partial charge in [0.05, 0.1) is 18.7 Å². The number of unbranched alkanes of at least 4 members (excludes halogenated alkanes) is 5. The van der Waals surface area contributed by atoms with Gasteiger partial charge < -0.3 is 25.0 Å². The first-order valence-corrected chi connectivity index (χ1v) is 11.4. The molecule has 1 aliphatic carbocycles. The third-order valence-electron chi connectivity index (χ3n) is 5.96. The number of nitrogens with one attached hydrogen (secondary N) is 1. The molecule has 174 valence electrons. The van der Waals surface area contributed by atoms with Gasteiger partial charge in [0.25, 0.3) is 0 Å². The van der Waals surface area contributed by atoms with Crippen molar-refractivity contribution in [3.63, 3.8) is 0 Å². The second-order valence-corrected chi connectivity index (χ2v) is 8.65. The maximum absolute atomic E-state index is 11.5. The Kier molecular flexibility index (Phi) is 9.91. The van der Waals surface area contributed by atoms with Crippen LogP contribution in [0.25, 0.3) is 0 Å². The number of ether oxygens (including phenoxy) is 2. The second kappa shape index (κ2) is 12.2. The summed E-state index contributed by atoms with van der Waals surface area (Å²) in [7, 11) is 1.56. The summed E-state index contributed by atoms with van der Waals surface area (Å²) < 4.78 is 11.3. The second-order valence-electron chi connectivity index (χ2n) is 8.24. The summed E-state index contributed by atoms with van der Waals surface area (Å²) >= 11 is 6.43. The lowest BCUT2D eigenvalue weighted by Crippen LogP contribution is -2.39. The molecule has 0 bridgehead atoms. The van der Waals surface area contributed by atoms with E-state index in [9.17, 15) is 19.8 Å². The number of hydrogen-bond donors (Lipinski definition) is 3. The number of benzene rings is 1. The summed E-state index contributed by atoms with van der Waals surface area (Å²) in [5.74, 6) is -1.48. The van der Waals surface area contributed by atoms with Crippen LogP contribution in [-0.2, 0) is 16.1 Å². The van der Waals surface area contributed by atoms with Crippen LogP contribution in [0.5, 0.6) is 11.5 Å². The summed E-state index contributed by atoms with van der Waals surface area (Å²) in [4.78, 5) is 22.9. The Morgan fingerprint density at radius 3 is 2.45 bits per heavy atom. The van der Waals surface area contributed by atoms with Gasteiger partial charge in [0.1, 0.15) is 0 Å². The number of hydrogen-bond acceptors (Lipinski definition) is 5. The fourth-order valence-corrected chi connectivity index (χ4v) is 4.32. The molecule has 0 aromatic heterocycles. The highest BCUT2D eigenvalue weighted by Gasteiger charge is 2.51. The van der Waals surface area contributed by atoms with Gasteiger partial charge in [-0.2, -0.15) is 0 Å². The molecule has 0 saturated heterocycles. The normalized spacial score (nSPS) is 17.5. The fraction of sp³-hybridized carbons (Fsp3) is 0.652. The molecule has 7 nitrogen and oxygen atoms in total. The highest BCUT2D eigenvalue weighted by atomic mass is 35.5. The molecule has 0 amide bonds. The quantitative estimate of drug-likeness (QED) is 0.271. The fourth-order valence-electron chi connectivity index (χ4n) is 4.03. The van der Waals surface area contributed by atoms with E-state index in [1.807, 2.05) is 6.07 Å². The third-order valence-corrected chi connectivity index (χ3v) is 6.24. The summed E-state index contributed by atoms with van der Waals surface area (Å²) in [6.45, 7) is 3.20. The minimum absolute atomic E-state index is 0.0575. The van der Waals surface area contributed by atoms with E-state index in [4.69, 9.17) is 21.1 Å². The average Bonchev–Trinajstić information content (AvgIpc) is 3.18. The SMILES string of the molecule is CCCCCCCCOc1c(Cl)cc(CNC2CCC(C(=O)O)(C(=O)O)C2)cc1OC. The van der Waals surface area contributed by atoms with Gasteiger partial charge in [-0.3, -0.25) is 9.59 Å². The molecule has 8 heteroatoms. The van der Waals surface area contributed by atoms with E-state index in [1.54, 1.807) is 13.2 Å². The van der Waals surface area contributed by atoms with Gasteiger partial charge in [-0.25, -0.2) is 0 Å². The Morgan fingerprint density at radius 2 is 1.84 bits per heavy atom. The lowest BCUT2D eigenvalue weighted by molar-refractivity contribution is -0.164. The van der Waals surface area contributed by atoms with Crippen molar-refractivity contribution in [3.8, 4) is 11.5 Å². The summed E-state index contributed by atoms with van der Waals surface area (Å²) in [5, 5.41) is 22.4. The highest BCUT2D eigenvalue weighted by molar-refractivity contribution is 6.32. The molecule has 1 fully saturated rings. The number of aliphatic carboxylic acids is 2. The molecule has 1 aliphatic rings. The van der Waals surface area contributed by atoms with E-state index < -0.39 is 17.4 Å². The number of rotatable bonds is 14. The minimum Gasteiger partial charge on any atom is -0.493 e. The Balaban J connectivity index is 1.90. The smallest absolute Gasteiger partial charge is 0.321 e. The van der Waals surface area contributed by atoms with Gasteiger partial charge in [-0.15, -0.1) is 0 Å². The maximum Gasteiger partial charge on any atom is 0.321 e. The molecule has 1 aromatic carbocycles. The van der Waals surface area contributed by atoms with E-state index in [0.717, 1.165) is 18.4 Å². The van der Waals surface area contributed by atoms with Crippen LogP contribution < -0.4 is 14.8 Å². The minimum atomic E-state index is -1.71. The first-order valence-electron chi connectivity index (χ1n) is 11.0. The van der Waals surface area contributed by atoms with E-state index in [0.29, 0.717) is 36.1 Å². The number of carboxylic acids is 2. The maximum atomic E-state index is 11.5. The lowest BCUT2D eigenvalue weighted by atomic mass is 9.86. The molecule has 1 aromatic rings. The third kappa shape index (κ3) is 6.74. The molecule has 1 atom stereocenters. The zero-order chi connectivity index (χ0) is 22.9. The molecule has 0 radical (unpaired) electrons. The van der Waals surface area contributed by atoms with Gasteiger partial charge in [0.15, 0.2) is 16.9 Å². The predicted molar refractivity (Wildman–Crippen MR) is 119 cm³/mol. The topological polar surface area (TPSA) is 105 Å². The standard InChI is InChI=1S/C23H34ClNO6/c1-3-4-5-6-7-8-11-31-20-18(24)12-16(13-19(20)30-2)15-25-17-9-10-23(14-17,21(26)27)22(28)29/h12-13,17,25H,3-11,14-15H2,1-2H3,(H,26,27)(H,28,29). The summed E-state index contributed by atoms with van der Waals surface area (Å²) in [5.41, 5.74) is -0.849. The molecule has 0 heterocycles. The van der Waals surface area contributed by atoms with Crippen molar-refractivity contribution in [3.05, 3.63) is 22.7 Å². The highest BCUT2D eigenvalue weighted by Crippen LogP contribution is 2.40. The van der Waals surface area contributed by atoms with Crippen LogP contribution in [0.1, 0.15) is 70.3 Å². The number of methoxy groups -OCH3 is 1. The largest absolute Gasteiger partial charge is 0.493 e. The number of carbonyl (C=O) groups is 2. The van der Waals surface area contributed by atoms with Crippen molar-refractivity contribution in [1.82, 2.24) is 5.32 Å². The Bertz CT molecular complexity index is 740. The zero-order valence-corrected chi connectivity index (χ0v) is 19.2. The van der Waals surface area contributed by atoms with Crippen molar-refractivity contribution in [2.24, 2.45) is 5.41 Å². The molecule has 1 unspecified atom stereocenters. The van der Waals surface area contributed by atoms with E-state index in [1.165, 1.54) is 25.7 Å². The van der Waals surface area contributed by atoms with Crippen LogP contribution in [0.3, 0.4) is 0 Å². The lowest BCUT2D eigenvalue weighted by Gasteiger charge is -2.19. The van der Waals surface area contributed by atoms with Gasteiger partial charge in [-0.05, 0) is 43.4 Å². The van der Waals surface area contributed by atoms with Gasteiger partial charge >= 0.3 is 11.9 Å². The van der Waals surface area contributed by atoms with Crippen LogP contribution >= 0.6 is 11.6 Å². The molecular weight excluding hydrogens is 422 g/mol. The molecule has 3 N–H and O–H groups in total. The van der Waals surface area contributed by atoms with Gasteiger partial charge in [0, 0.05) is 12.6 Å². The molecule has 31 heavy (non-hydrogen) atoms. The Hall–Kier alpha value is -1.99. The molecule has 1 saturated carbocycles. The monoisotopic (exact) mass is 455 g/mol. The molecular formula is C23H34ClNO6.